The maximum atomic E-state index is 11.7. The molecule has 1 amide bonds. The van der Waals surface area contributed by atoms with Gasteiger partial charge in [0.1, 0.15) is 0 Å². The van der Waals surface area contributed by atoms with Crippen LogP contribution < -0.4 is 5.32 Å². The first-order valence-corrected chi connectivity index (χ1v) is 7.32. The van der Waals surface area contributed by atoms with Gasteiger partial charge in [-0.05, 0) is 51.3 Å². The van der Waals surface area contributed by atoms with Crippen molar-refractivity contribution in [1.82, 2.24) is 5.32 Å². The molecule has 0 aliphatic carbocycles. The summed E-state index contributed by atoms with van der Waals surface area (Å²) in [5, 5.41) is 11.3. The molecule has 0 bridgehead atoms. The van der Waals surface area contributed by atoms with E-state index in [0.717, 1.165) is 18.4 Å². The number of aliphatic hydroxyl groups is 1. The van der Waals surface area contributed by atoms with Gasteiger partial charge in [-0.2, -0.15) is 0 Å². The molecule has 0 saturated carbocycles. The standard InChI is InChI=1S/C18H25NO2/c1-14(2)5-4-6-15(3)13-16-7-9-17(10-8-16)18(21)19-11-12-20/h5,7-10,13,20H,4,6,11-12H2,1-3H3,(H,19,21). The molecule has 0 aliphatic rings. The van der Waals surface area contributed by atoms with E-state index in [0.29, 0.717) is 5.56 Å². The first-order chi connectivity index (χ1) is 10.0. The molecule has 1 aromatic rings. The molecule has 0 radical (unpaired) electrons. The molecule has 2 N–H and O–H groups in total. The van der Waals surface area contributed by atoms with Crippen molar-refractivity contribution in [2.75, 3.05) is 13.2 Å². The highest BCUT2D eigenvalue weighted by atomic mass is 16.3. The van der Waals surface area contributed by atoms with Crippen LogP contribution >= 0.6 is 0 Å². The number of carbonyl (C=O) groups is 1. The third-order valence-electron chi connectivity index (χ3n) is 3.07. The van der Waals surface area contributed by atoms with Gasteiger partial charge in [0.25, 0.3) is 5.91 Å². The highest BCUT2D eigenvalue weighted by Crippen LogP contribution is 2.13. The Morgan fingerprint density at radius 3 is 2.43 bits per heavy atom. The molecule has 1 rings (SSSR count). The van der Waals surface area contributed by atoms with Crippen molar-refractivity contribution in [3.63, 3.8) is 0 Å². The number of aliphatic hydroxyl groups excluding tert-OH is 1. The number of nitrogens with one attached hydrogen (secondary N) is 1. The Kier molecular flexibility index (Phi) is 7.48. The average Bonchev–Trinajstić information content (AvgIpc) is 2.45. The fraction of sp³-hybridized carbons (Fsp3) is 0.389. The molecule has 1 aromatic carbocycles. The number of hydrogen-bond donors (Lipinski definition) is 2. The van der Waals surface area contributed by atoms with E-state index in [1.165, 1.54) is 11.1 Å². The van der Waals surface area contributed by atoms with E-state index < -0.39 is 0 Å². The van der Waals surface area contributed by atoms with E-state index >= 15 is 0 Å². The van der Waals surface area contributed by atoms with Gasteiger partial charge in [0.15, 0.2) is 0 Å². The van der Waals surface area contributed by atoms with E-state index in [-0.39, 0.29) is 19.1 Å². The van der Waals surface area contributed by atoms with Crippen molar-refractivity contribution >= 4 is 12.0 Å². The van der Waals surface area contributed by atoms with Crippen LogP contribution in [0, 0.1) is 0 Å². The van der Waals surface area contributed by atoms with E-state index in [2.05, 4.69) is 38.2 Å². The van der Waals surface area contributed by atoms with Crippen LogP contribution in [0.1, 0.15) is 49.5 Å². The maximum absolute atomic E-state index is 11.7. The van der Waals surface area contributed by atoms with Gasteiger partial charge in [-0.15, -0.1) is 0 Å². The number of carbonyl (C=O) groups excluding carboxylic acids is 1. The molecular weight excluding hydrogens is 262 g/mol. The minimum absolute atomic E-state index is 0.0442. The number of amides is 1. The first-order valence-electron chi connectivity index (χ1n) is 7.32. The second-order valence-electron chi connectivity index (χ2n) is 5.41. The first kappa shape index (κ1) is 17.2. The second kappa shape index (κ2) is 9.14. The van der Waals surface area contributed by atoms with E-state index in [9.17, 15) is 4.79 Å². The van der Waals surface area contributed by atoms with Crippen LogP contribution in [0.3, 0.4) is 0 Å². The van der Waals surface area contributed by atoms with Gasteiger partial charge in [-0.25, -0.2) is 0 Å². The molecule has 3 nitrogen and oxygen atoms in total. The molecule has 0 aliphatic heterocycles. The van der Waals surface area contributed by atoms with E-state index in [4.69, 9.17) is 5.11 Å². The average molecular weight is 287 g/mol. The molecule has 0 heterocycles. The predicted octanol–water partition coefficient (Wildman–Crippen LogP) is 3.56. The monoisotopic (exact) mass is 287 g/mol. The summed E-state index contributed by atoms with van der Waals surface area (Å²) in [6.45, 7) is 6.58. The number of benzene rings is 1. The third kappa shape index (κ3) is 6.91. The van der Waals surface area contributed by atoms with Crippen LogP contribution in [0.15, 0.2) is 41.5 Å². The van der Waals surface area contributed by atoms with Crippen molar-refractivity contribution < 1.29 is 9.90 Å². The highest BCUT2D eigenvalue weighted by molar-refractivity contribution is 5.94. The van der Waals surface area contributed by atoms with Gasteiger partial charge in [0.2, 0.25) is 0 Å². The Morgan fingerprint density at radius 1 is 1.19 bits per heavy atom. The summed E-state index contributed by atoms with van der Waals surface area (Å²) in [7, 11) is 0. The molecule has 0 fully saturated rings. The topological polar surface area (TPSA) is 49.3 Å². The lowest BCUT2D eigenvalue weighted by molar-refractivity contribution is 0.0945. The van der Waals surface area contributed by atoms with Gasteiger partial charge >= 0.3 is 0 Å². The Bertz CT molecular complexity index is 509. The highest BCUT2D eigenvalue weighted by Gasteiger charge is 2.03. The molecule has 0 atom stereocenters. The lowest BCUT2D eigenvalue weighted by atomic mass is 10.1. The van der Waals surface area contributed by atoms with Crippen LogP contribution in [0.25, 0.3) is 6.08 Å². The Balaban J connectivity index is 2.61. The minimum atomic E-state index is -0.153. The Labute approximate surface area is 127 Å². The second-order valence-corrected chi connectivity index (χ2v) is 5.41. The lowest BCUT2D eigenvalue weighted by Crippen LogP contribution is -2.26. The van der Waals surface area contributed by atoms with Crippen molar-refractivity contribution in [2.45, 2.75) is 33.6 Å². The number of hydrogen-bond acceptors (Lipinski definition) is 2. The van der Waals surface area contributed by atoms with Gasteiger partial charge in [0.05, 0.1) is 6.61 Å². The van der Waals surface area contributed by atoms with Crippen LogP contribution in [0.5, 0.6) is 0 Å². The van der Waals surface area contributed by atoms with Crippen molar-refractivity contribution in [3.8, 4) is 0 Å². The zero-order valence-electron chi connectivity index (χ0n) is 13.1. The number of rotatable bonds is 7. The van der Waals surface area contributed by atoms with Gasteiger partial charge < -0.3 is 10.4 Å². The zero-order valence-corrected chi connectivity index (χ0v) is 13.1. The molecule has 0 unspecified atom stereocenters. The molecule has 3 heteroatoms. The van der Waals surface area contributed by atoms with Crippen LogP contribution in [-0.2, 0) is 0 Å². The molecule has 114 valence electrons. The summed E-state index contributed by atoms with van der Waals surface area (Å²) in [5.74, 6) is -0.153. The zero-order chi connectivity index (χ0) is 15.7. The number of allylic oxidation sites excluding steroid dienone is 3. The predicted molar refractivity (Wildman–Crippen MR) is 88.2 cm³/mol. The van der Waals surface area contributed by atoms with Gasteiger partial charge in [0, 0.05) is 12.1 Å². The molecular formula is C18H25NO2. The van der Waals surface area contributed by atoms with Gasteiger partial charge in [-0.1, -0.05) is 35.4 Å². The fourth-order valence-electron chi connectivity index (χ4n) is 1.95. The lowest BCUT2D eigenvalue weighted by Gasteiger charge is -2.04. The Morgan fingerprint density at radius 2 is 1.86 bits per heavy atom. The quantitative estimate of drug-likeness (QED) is 0.753. The van der Waals surface area contributed by atoms with Crippen LogP contribution in [-0.4, -0.2) is 24.2 Å². The van der Waals surface area contributed by atoms with E-state index in [1.54, 1.807) is 0 Å². The third-order valence-corrected chi connectivity index (χ3v) is 3.07. The van der Waals surface area contributed by atoms with Crippen LogP contribution in [0.4, 0.5) is 0 Å². The molecule has 0 aromatic heterocycles. The smallest absolute Gasteiger partial charge is 0.251 e. The van der Waals surface area contributed by atoms with Crippen molar-refractivity contribution in [2.24, 2.45) is 0 Å². The SMILES string of the molecule is CC(C)=CCCC(C)=Cc1ccc(C(=O)NCCO)cc1. The van der Waals surface area contributed by atoms with Crippen molar-refractivity contribution in [3.05, 3.63) is 52.6 Å². The Hall–Kier alpha value is -1.87. The molecule has 0 spiro atoms. The summed E-state index contributed by atoms with van der Waals surface area (Å²) in [4.78, 5) is 11.7. The van der Waals surface area contributed by atoms with Gasteiger partial charge in [-0.3, -0.25) is 4.79 Å². The normalized spacial score (nSPS) is 11.1. The van der Waals surface area contributed by atoms with Crippen molar-refractivity contribution in [1.29, 1.82) is 0 Å². The largest absolute Gasteiger partial charge is 0.395 e. The van der Waals surface area contributed by atoms with E-state index in [1.807, 2.05) is 24.3 Å². The molecule has 0 saturated heterocycles. The summed E-state index contributed by atoms with van der Waals surface area (Å²) in [6, 6.07) is 7.50. The summed E-state index contributed by atoms with van der Waals surface area (Å²) in [5.41, 5.74) is 4.39. The fourth-order valence-corrected chi connectivity index (χ4v) is 1.95. The summed E-state index contributed by atoms with van der Waals surface area (Å²) < 4.78 is 0. The summed E-state index contributed by atoms with van der Waals surface area (Å²) >= 11 is 0. The summed E-state index contributed by atoms with van der Waals surface area (Å²) in [6.07, 6.45) is 6.50. The minimum Gasteiger partial charge on any atom is -0.395 e. The maximum Gasteiger partial charge on any atom is 0.251 e. The van der Waals surface area contributed by atoms with Crippen LogP contribution in [0.2, 0.25) is 0 Å². The molecule has 21 heavy (non-hydrogen) atoms.